The number of nitrogen functional groups attached to an aromatic ring is 1. The van der Waals surface area contributed by atoms with Gasteiger partial charge in [0.25, 0.3) is 15.7 Å². The van der Waals surface area contributed by atoms with Crippen LogP contribution in [0.4, 0.5) is 17.1 Å². The van der Waals surface area contributed by atoms with Gasteiger partial charge in [-0.3, -0.25) is 14.8 Å². The smallest absolute Gasteiger partial charge is 0.289 e. The fourth-order valence-corrected chi connectivity index (χ4v) is 2.89. The van der Waals surface area contributed by atoms with Crippen LogP contribution in [0.5, 0.6) is 0 Å². The molecule has 2 rings (SSSR count). The van der Waals surface area contributed by atoms with E-state index in [0.29, 0.717) is 0 Å². The van der Waals surface area contributed by atoms with E-state index in [-0.39, 0.29) is 11.4 Å². The SMILES string of the molecule is Nc1ccccc1NS(=O)(=O)c1ccccc1[N+](=O)[O-]. The van der Waals surface area contributed by atoms with Crippen LogP contribution in [-0.4, -0.2) is 13.3 Å². The standard InChI is InChI=1S/C12H11N3O4S/c13-9-5-1-2-6-10(9)14-20(18,19)12-8-4-3-7-11(12)15(16)17/h1-8,14H,13H2. The quantitative estimate of drug-likeness (QED) is 0.508. The van der Waals surface area contributed by atoms with Crippen LogP contribution in [0.15, 0.2) is 53.4 Å². The van der Waals surface area contributed by atoms with Gasteiger partial charge in [0.05, 0.1) is 16.3 Å². The molecule has 0 unspecified atom stereocenters. The van der Waals surface area contributed by atoms with E-state index in [1.165, 1.54) is 30.3 Å². The first-order chi connectivity index (χ1) is 9.42. The summed E-state index contributed by atoms with van der Waals surface area (Å²) in [6, 6.07) is 11.4. The largest absolute Gasteiger partial charge is 0.397 e. The molecule has 0 fully saturated rings. The highest BCUT2D eigenvalue weighted by molar-refractivity contribution is 7.92. The Morgan fingerprint density at radius 2 is 1.65 bits per heavy atom. The van der Waals surface area contributed by atoms with E-state index in [9.17, 15) is 18.5 Å². The summed E-state index contributed by atoms with van der Waals surface area (Å²) in [5, 5.41) is 10.9. The predicted octanol–water partition coefficient (Wildman–Crippen LogP) is 1.98. The van der Waals surface area contributed by atoms with Gasteiger partial charge in [0.1, 0.15) is 0 Å². The number of nitrogens with two attached hydrogens (primary N) is 1. The Morgan fingerprint density at radius 1 is 1.05 bits per heavy atom. The zero-order valence-electron chi connectivity index (χ0n) is 10.2. The monoisotopic (exact) mass is 293 g/mol. The molecule has 0 atom stereocenters. The lowest BCUT2D eigenvalue weighted by Crippen LogP contribution is -2.15. The lowest BCUT2D eigenvalue weighted by Gasteiger charge is -2.10. The second kappa shape index (κ2) is 5.17. The van der Waals surface area contributed by atoms with Crippen molar-refractivity contribution in [3.63, 3.8) is 0 Å². The topological polar surface area (TPSA) is 115 Å². The molecule has 0 saturated carbocycles. The molecule has 0 radical (unpaired) electrons. The minimum atomic E-state index is -4.08. The molecular formula is C12H11N3O4S. The van der Waals surface area contributed by atoms with E-state index in [2.05, 4.69) is 4.72 Å². The van der Waals surface area contributed by atoms with Crippen molar-refractivity contribution in [2.24, 2.45) is 0 Å². The number of hydrogen-bond donors (Lipinski definition) is 2. The van der Waals surface area contributed by atoms with Crippen molar-refractivity contribution in [3.8, 4) is 0 Å². The number of nitro benzene ring substituents is 1. The minimum absolute atomic E-state index is 0.172. The molecule has 104 valence electrons. The third-order valence-corrected chi connectivity index (χ3v) is 3.97. The number of anilines is 2. The van der Waals surface area contributed by atoms with Crippen LogP contribution in [0.2, 0.25) is 0 Å². The Bertz CT molecular complexity index is 759. The number of hydrogen-bond acceptors (Lipinski definition) is 5. The van der Waals surface area contributed by atoms with Gasteiger partial charge in [-0.25, -0.2) is 8.42 Å². The van der Waals surface area contributed by atoms with Crippen molar-refractivity contribution in [2.75, 3.05) is 10.5 Å². The molecule has 0 heterocycles. The maximum Gasteiger partial charge on any atom is 0.289 e. The van der Waals surface area contributed by atoms with Crippen molar-refractivity contribution in [1.29, 1.82) is 0 Å². The summed E-state index contributed by atoms with van der Waals surface area (Å²) in [4.78, 5) is 9.72. The van der Waals surface area contributed by atoms with Gasteiger partial charge in [0.15, 0.2) is 4.90 Å². The van der Waals surface area contributed by atoms with Crippen LogP contribution < -0.4 is 10.5 Å². The number of sulfonamides is 1. The zero-order valence-corrected chi connectivity index (χ0v) is 11.0. The molecule has 2 aromatic rings. The van der Waals surface area contributed by atoms with Crippen molar-refractivity contribution < 1.29 is 13.3 Å². The maximum atomic E-state index is 12.2. The summed E-state index contributed by atoms with van der Waals surface area (Å²) in [5.41, 5.74) is 5.55. The van der Waals surface area contributed by atoms with Crippen LogP contribution in [-0.2, 0) is 10.0 Å². The number of nitrogens with one attached hydrogen (secondary N) is 1. The molecule has 3 N–H and O–H groups in total. The van der Waals surface area contributed by atoms with Crippen molar-refractivity contribution in [2.45, 2.75) is 4.90 Å². The van der Waals surface area contributed by atoms with Gasteiger partial charge in [-0.05, 0) is 18.2 Å². The highest BCUT2D eigenvalue weighted by Crippen LogP contribution is 2.27. The molecule has 8 heteroatoms. The van der Waals surface area contributed by atoms with Crippen molar-refractivity contribution in [3.05, 3.63) is 58.6 Å². The molecule has 0 spiro atoms. The van der Waals surface area contributed by atoms with E-state index < -0.39 is 25.5 Å². The van der Waals surface area contributed by atoms with Crippen LogP contribution in [0.3, 0.4) is 0 Å². The minimum Gasteiger partial charge on any atom is -0.397 e. The number of para-hydroxylation sites is 3. The average Bonchev–Trinajstić information content (AvgIpc) is 2.41. The number of nitro groups is 1. The van der Waals surface area contributed by atoms with E-state index in [1.807, 2.05) is 0 Å². The van der Waals surface area contributed by atoms with Gasteiger partial charge in [-0.2, -0.15) is 0 Å². The van der Waals surface area contributed by atoms with Gasteiger partial charge in [0.2, 0.25) is 0 Å². The van der Waals surface area contributed by atoms with Gasteiger partial charge in [-0.15, -0.1) is 0 Å². The van der Waals surface area contributed by atoms with Gasteiger partial charge in [-0.1, -0.05) is 24.3 Å². The molecule has 0 aliphatic rings. The number of rotatable bonds is 4. The third-order valence-electron chi connectivity index (χ3n) is 2.56. The molecule has 0 aliphatic heterocycles. The lowest BCUT2D eigenvalue weighted by molar-refractivity contribution is -0.387. The second-order valence-corrected chi connectivity index (χ2v) is 5.57. The Kier molecular flexibility index (Phi) is 3.57. The van der Waals surface area contributed by atoms with Crippen LogP contribution >= 0.6 is 0 Å². The fraction of sp³-hybridized carbons (Fsp3) is 0. The second-order valence-electron chi connectivity index (χ2n) is 3.92. The molecular weight excluding hydrogens is 282 g/mol. The van der Waals surface area contributed by atoms with Crippen LogP contribution in [0.1, 0.15) is 0 Å². The maximum absolute atomic E-state index is 12.2. The predicted molar refractivity (Wildman–Crippen MR) is 74.8 cm³/mol. The average molecular weight is 293 g/mol. The summed E-state index contributed by atoms with van der Waals surface area (Å²) in [6.45, 7) is 0. The van der Waals surface area contributed by atoms with E-state index in [4.69, 9.17) is 5.73 Å². The third kappa shape index (κ3) is 2.69. The van der Waals surface area contributed by atoms with E-state index in [0.717, 1.165) is 6.07 Å². The first-order valence-electron chi connectivity index (χ1n) is 5.52. The molecule has 2 aromatic carbocycles. The highest BCUT2D eigenvalue weighted by atomic mass is 32.2. The Hall–Kier alpha value is -2.61. The summed E-state index contributed by atoms with van der Waals surface area (Å²) >= 11 is 0. The first kappa shape index (κ1) is 13.8. The molecule has 0 aromatic heterocycles. The summed E-state index contributed by atoms with van der Waals surface area (Å²) in [7, 11) is -4.08. The van der Waals surface area contributed by atoms with Gasteiger partial charge in [0, 0.05) is 6.07 Å². The summed E-state index contributed by atoms with van der Waals surface area (Å²) in [5.74, 6) is 0. The number of nitrogens with zero attached hydrogens (tertiary/aromatic N) is 1. The van der Waals surface area contributed by atoms with E-state index >= 15 is 0 Å². The molecule has 7 nitrogen and oxygen atoms in total. The molecule has 0 bridgehead atoms. The van der Waals surface area contributed by atoms with Crippen LogP contribution in [0, 0.1) is 10.1 Å². The van der Waals surface area contributed by atoms with Crippen molar-refractivity contribution >= 4 is 27.1 Å². The first-order valence-corrected chi connectivity index (χ1v) is 7.01. The van der Waals surface area contributed by atoms with Gasteiger partial charge < -0.3 is 5.73 Å². The Morgan fingerprint density at radius 3 is 2.30 bits per heavy atom. The number of benzene rings is 2. The molecule has 0 amide bonds. The Labute approximate surface area is 115 Å². The summed E-state index contributed by atoms with van der Waals surface area (Å²) < 4.78 is 26.7. The van der Waals surface area contributed by atoms with Gasteiger partial charge >= 0.3 is 0 Å². The highest BCUT2D eigenvalue weighted by Gasteiger charge is 2.25. The fourth-order valence-electron chi connectivity index (χ4n) is 1.62. The van der Waals surface area contributed by atoms with Crippen LogP contribution in [0.25, 0.3) is 0 Å². The normalized spacial score (nSPS) is 11.0. The lowest BCUT2D eigenvalue weighted by atomic mass is 10.3. The van der Waals surface area contributed by atoms with Crippen molar-refractivity contribution in [1.82, 2.24) is 0 Å². The molecule has 0 aliphatic carbocycles. The summed E-state index contributed by atoms with van der Waals surface area (Å²) in [6.07, 6.45) is 0. The molecule has 20 heavy (non-hydrogen) atoms. The molecule has 0 saturated heterocycles. The Balaban J connectivity index is 2.47. The zero-order chi connectivity index (χ0) is 14.8. The van der Waals surface area contributed by atoms with E-state index in [1.54, 1.807) is 12.1 Å².